The van der Waals surface area contributed by atoms with E-state index in [0.717, 1.165) is 17.8 Å². The van der Waals surface area contributed by atoms with Gasteiger partial charge in [0.05, 0.1) is 0 Å². The quantitative estimate of drug-likeness (QED) is 0.865. The Morgan fingerprint density at radius 2 is 1.75 bits per heavy atom. The second kappa shape index (κ2) is 6.75. The molecule has 2 aromatic carbocycles. The number of carbonyl (C=O) groups is 1. The number of benzene rings is 2. The first kappa shape index (κ1) is 14.1. The Labute approximate surface area is 120 Å². The number of anilines is 2. The van der Waals surface area contributed by atoms with E-state index < -0.39 is 0 Å². The van der Waals surface area contributed by atoms with Gasteiger partial charge < -0.3 is 10.6 Å². The summed E-state index contributed by atoms with van der Waals surface area (Å²) in [6.07, 6.45) is 0.729. The van der Waals surface area contributed by atoms with Gasteiger partial charge in [-0.05, 0) is 43.2 Å². The van der Waals surface area contributed by atoms with Crippen LogP contribution in [0, 0.1) is 6.92 Å². The maximum Gasteiger partial charge on any atom is 0.246 e. The van der Waals surface area contributed by atoms with Crippen LogP contribution in [0.15, 0.2) is 54.6 Å². The van der Waals surface area contributed by atoms with Crippen molar-refractivity contribution in [3.63, 3.8) is 0 Å². The zero-order valence-electron chi connectivity index (χ0n) is 11.9. The molecule has 0 heterocycles. The van der Waals surface area contributed by atoms with Gasteiger partial charge in [0, 0.05) is 11.4 Å². The molecular formula is C17H20N2O. The van der Waals surface area contributed by atoms with Gasteiger partial charge >= 0.3 is 0 Å². The van der Waals surface area contributed by atoms with Gasteiger partial charge in [0.1, 0.15) is 6.04 Å². The van der Waals surface area contributed by atoms with Crippen LogP contribution in [-0.4, -0.2) is 11.9 Å². The van der Waals surface area contributed by atoms with Crippen LogP contribution in [-0.2, 0) is 4.79 Å². The van der Waals surface area contributed by atoms with E-state index in [0.29, 0.717) is 0 Å². The maximum absolute atomic E-state index is 12.3. The molecule has 3 nitrogen and oxygen atoms in total. The predicted octanol–water partition coefficient (Wildman–Crippen LogP) is 3.82. The van der Waals surface area contributed by atoms with E-state index in [1.165, 1.54) is 5.56 Å². The van der Waals surface area contributed by atoms with E-state index in [2.05, 4.69) is 10.6 Å². The molecule has 20 heavy (non-hydrogen) atoms. The first-order valence-electron chi connectivity index (χ1n) is 6.88. The van der Waals surface area contributed by atoms with Gasteiger partial charge in [0.15, 0.2) is 0 Å². The van der Waals surface area contributed by atoms with Gasteiger partial charge in [-0.3, -0.25) is 4.79 Å². The van der Waals surface area contributed by atoms with Crippen molar-refractivity contribution in [2.45, 2.75) is 26.3 Å². The lowest BCUT2D eigenvalue weighted by molar-refractivity contribution is -0.116. The second-order valence-corrected chi connectivity index (χ2v) is 4.83. The van der Waals surface area contributed by atoms with Crippen LogP contribution >= 0.6 is 0 Å². The monoisotopic (exact) mass is 268 g/mol. The number of para-hydroxylation sites is 1. The molecule has 0 aromatic heterocycles. The minimum atomic E-state index is -0.239. The predicted molar refractivity (Wildman–Crippen MR) is 84.0 cm³/mol. The summed E-state index contributed by atoms with van der Waals surface area (Å²) in [5, 5.41) is 6.20. The third-order valence-electron chi connectivity index (χ3n) is 3.13. The zero-order valence-corrected chi connectivity index (χ0v) is 11.9. The lowest BCUT2D eigenvalue weighted by Gasteiger charge is -2.18. The van der Waals surface area contributed by atoms with Crippen LogP contribution in [0.1, 0.15) is 18.9 Å². The fraction of sp³-hybridized carbons (Fsp3) is 0.235. The van der Waals surface area contributed by atoms with Crippen molar-refractivity contribution in [2.75, 3.05) is 10.6 Å². The van der Waals surface area contributed by atoms with E-state index in [1.807, 2.05) is 68.4 Å². The van der Waals surface area contributed by atoms with Crippen molar-refractivity contribution in [2.24, 2.45) is 0 Å². The minimum absolute atomic E-state index is 0.0137. The van der Waals surface area contributed by atoms with E-state index in [-0.39, 0.29) is 11.9 Å². The molecule has 0 aliphatic heterocycles. The highest BCUT2D eigenvalue weighted by molar-refractivity contribution is 5.96. The van der Waals surface area contributed by atoms with Crippen molar-refractivity contribution < 1.29 is 4.79 Å². The second-order valence-electron chi connectivity index (χ2n) is 4.83. The highest BCUT2D eigenvalue weighted by atomic mass is 16.2. The van der Waals surface area contributed by atoms with E-state index in [4.69, 9.17) is 0 Å². The average Bonchev–Trinajstić information content (AvgIpc) is 2.46. The van der Waals surface area contributed by atoms with E-state index in [9.17, 15) is 4.79 Å². The van der Waals surface area contributed by atoms with Gasteiger partial charge in [-0.25, -0.2) is 0 Å². The van der Waals surface area contributed by atoms with Gasteiger partial charge in [-0.1, -0.05) is 37.3 Å². The molecule has 1 amide bonds. The van der Waals surface area contributed by atoms with Crippen LogP contribution in [0.25, 0.3) is 0 Å². The highest BCUT2D eigenvalue weighted by Crippen LogP contribution is 2.13. The molecule has 0 fully saturated rings. The number of hydrogen-bond donors (Lipinski definition) is 2. The molecule has 0 saturated carbocycles. The zero-order chi connectivity index (χ0) is 14.4. The van der Waals surface area contributed by atoms with Crippen molar-refractivity contribution in [3.05, 3.63) is 60.2 Å². The molecule has 0 spiro atoms. The van der Waals surface area contributed by atoms with Crippen LogP contribution in [0.3, 0.4) is 0 Å². The Bertz CT molecular complexity index is 566. The lowest BCUT2D eigenvalue weighted by Crippen LogP contribution is -2.34. The number of carbonyl (C=O) groups excluding carboxylic acids is 1. The van der Waals surface area contributed by atoms with Crippen molar-refractivity contribution >= 4 is 17.3 Å². The maximum atomic E-state index is 12.3. The van der Waals surface area contributed by atoms with E-state index >= 15 is 0 Å². The summed E-state index contributed by atoms with van der Waals surface area (Å²) in [7, 11) is 0. The molecule has 3 heteroatoms. The van der Waals surface area contributed by atoms with Crippen molar-refractivity contribution in [1.29, 1.82) is 0 Å². The average molecular weight is 268 g/mol. The molecule has 2 rings (SSSR count). The molecule has 0 radical (unpaired) electrons. The van der Waals surface area contributed by atoms with Crippen molar-refractivity contribution in [1.82, 2.24) is 0 Å². The number of nitrogens with one attached hydrogen (secondary N) is 2. The summed E-state index contributed by atoms with van der Waals surface area (Å²) in [5.74, 6) is -0.0137. The van der Waals surface area contributed by atoms with Crippen LogP contribution in [0.2, 0.25) is 0 Å². The molecule has 2 aromatic rings. The summed E-state index contributed by atoms with van der Waals surface area (Å²) in [6.45, 7) is 4.04. The summed E-state index contributed by atoms with van der Waals surface area (Å²) in [5.41, 5.74) is 2.97. The van der Waals surface area contributed by atoms with Crippen molar-refractivity contribution in [3.8, 4) is 0 Å². The Hall–Kier alpha value is -2.29. The SMILES string of the molecule is CC[C@@H](Nc1cccc(C)c1)C(=O)Nc1ccccc1. The summed E-state index contributed by atoms with van der Waals surface area (Å²) in [6, 6.07) is 17.3. The third kappa shape index (κ3) is 3.85. The van der Waals surface area contributed by atoms with Gasteiger partial charge in [-0.2, -0.15) is 0 Å². The third-order valence-corrected chi connectivity index (χ3v) is 3.13. The fourth-order valence-electron chi connectivity index (χ4n) is 2.04. The largest absolute Gasteiger partial charge is 0.374 e. The lowest BCUT2D eigenvalue weighted by atomic mass is 10.1. The topological polar surface area (TPSA) is 41.1 Å². The molecule has 0 bridgehead atoms. The van der Waals surface area contributed by atoms with Crippen LogP contribution < -0.4 is 10.6 Å². The standard InChI is InChI=1S/C17H20N2O/c1-3-16(18-15-11-7-8-13(2)12-15)17(20)19-14-9-5-4-6-10-14/h4-12,16,18H,3H2,1-2H3,(H,19,20)/t16-/m1/s1. The first-order chi connectivity index (χ1) is 9.69. The number of amides is 1. The molecule has 0 aliphatic carbocycles. The number of hydrogen-bond acceptors (Lipinski definition) is 2. The first-order valence-corrected chi connectivity index (χ1v) is 6.88. The Morgan fingerprint density at radius 1 is 1.05 bits per heavy atom. The highest BCUT2D eigenvalue weighted by Gasteiger charge is 2.16. The Balaban J connectivity index is 2.02. The fourth-order valence-corrected chi connectivity index (χ4v) is 2.04. The smallest absolute Gasteiger partial charge is 0.246 e. The van der Waals surface area contributed by atoms with Gasteiger partial charge in [0.25, 0.3) is 0 Å². The Kier molecular flexibility index (Phi) is 4.77. The molecule has 1 atom stereocenters. The molecule has 0 unspecified atom stereocenters. The molecule has 104 valence electrons. The molecule has 0 aliphatic rings. The van der Waals surface area contributed by atoms with E-state index in [1.54, 1.807) is 0 Å². The van der Waals surface area contributed by atoms with Gasteiger partial charge in [0.2, 0.25) is 5.91 Å². The minimum Gasteiger partial charge on any atom is -0.374 e. The van der Waals surface area contributed by atoms with Crippen LogP contribution in [0.5, 0.6) is 0 Å². The number of rotatable bonds is 5. The molecule has 2 N–H and O–H groups in total. The summed E-state index contributed by atoms with van der Waals surface area (Å²) >= 11 is 0. The molecule has 0 saturated heterocycles. The summed E-state index contributed by atoms with van der Waals surface area (Å²) < 4.78 is 0. The molecular weight excluding hydrogens is 248 g/mol. The normalized spacial score (nSPS) is 11.7. The Morgan fingerprint density at radius 3 is 2.40 bits per heavy atom. The van der Waals surface area contributed by atoms with Crippen LogP contribution in [0.4, 0.5) is 11.4 Å². The van der Waals surface area contributed by atoms with Gasteiger partial charge in [-0.15, -0.1) is 0 Å². The number of aryl methyl sites for hydroxylation is 1. The summed E-state index contributed by atoms with van der Waals surface area (Å²) in [4.78, 5) is 12.3.